The first-order chi connectivity index (χ1) is 10.4. The Morgan fingerprint density at radius 3 is 2.36 bits per heavy atom. The van der Waals surface area contributed by atoms with E-state index >= 15 is 0 Å². The van der Waals surface area contributed by atoms with Crippen LogP contribution in [0.1, 0.15) is 42.6 Å². The highest BCUT2D eigenvalue weighted by Crippen LogP contribution is 2.25. The molecule has 1 aromatic rings. The fraction of sp³-hybridized carbons (Fsp3) is 0.562. The smallest absolute Gasteiger partial charge is 0.319 e. The molecule has 1 saturated carbocycles. The van der Waals surface area contributed by atoms with E-state index in [1.165, 1.54) is 0 Å². The molecule has 1 aliphatic rings. The monoisotopic (exact) mass is 305 g/mol. The Morgan fingerprint density at radius 1 is 1.18 bits per heavy atom. The van der Waals surface area contributed by atoms with Crippen LogP contribution in [0.2, 0.25) is 0 Å². The van der Waals surface area contributed by atoms with E-state index in [1.807, 2.05) is 26.8 Å². The number of aliphatic carboxylic acids is 1. The predicted molar refractivity (Wildman–Crippen MR) is 84.0 cm³/mol. The molecular weight excluding hydrogens is 282 g/mol. The lowest BCUT2D eigenvalue weighted by Gasteiger charge is -2.27. The Bertz CT molecular complexity index is 555. The van der Waals surface area contributed by atoms with E-state index in [1.54, 1.807) is 0 Å². The molecule has 0 aromatic carbocycles. The van der Waals surface area contributed by atoms with E-state index in [9.17, 15) is 9.59 Å². The second kappa shape index (κ2) is 6.77. The van der Waals surface area contributed by atoms with E-state index in [0.717, 1.165) is 22.6 Å². The van der Waals surface area contributed by atoms with E-state index in [0.29, 0.717) is 25.7 Å². The second-order valence-electron chi connectivity index (χ2n) is 6.03. The van der Waals surface area contributed by atoms with Crippen molar-refractivity contribution >= 4 is 17.7 Å². The van der Waals surface area contributed by atoms with Crippen LogP contribution in [-0.2, 0) is 4.79 Å². The number of carboxylic acid groups (broad SMARTS) is 1. The number of urea groups is 1. The summed E-state index contributed by atoms with van der Waals surface area (Å²) in [5.41, 5.74) is 3.44. The number of hydrogen-bond donors (Lipinski definition) is 3. The number of anilines is 1. The van der Waals surface area contributed by atoms with Gasteiger partial charge in [-0.05, 0) is 58.1 Å². The molecule has 0 atom stereocenters. The molecular formula is C16H23N3O3. The maximum atomic E-state index is 12.1. The van der Waals surface area contributed by atoms with Crippen molar-refractivity contribution in [2.45, 2.75) is 52.5 Å². The molecule has 1 fully saturated rings. The normalized spacial score (nSPS) is 21.2. The third kappa shape index (κ3) is 3.96. The van der Waals surface area contributed by atoms with Crippen LogP contribution in [0.25, 0.3) is 0 Å². The first-order valence-electron chi connectivity index (χ1n) is 7.62. The zero-order chi connectivity index (χ0) is 16.3. The molecule has 1 heterocycles. The molecule has 0 aliphatic heterocycles. The number of aromatic nitrogens is 1. The van der Waals surface area contributed by atoms with Gasteiger partial charge in [0.1, 0.15) is 0 Å². The number of hydrogen-bond acceptors (Lipinski definition) is 3. The molecule has 1 aromatic heterocycles. The quantitative estimate of drug-likeness (QED) is 0.800. The Kier molecular flexibility index (Phi) is 5.00. The minimum atomic E-state index is -0.736. The number of carbonyl (C=O) groups is 2. The summed E-state index contributed by atoms with van der Waals surface area (Å²) in [6.07, 6.45) is 2.64. The predicted octanol–water partition coefficient (Wildman–Crippen LogP) is 2.77. The summed E-state index contributed by atoms with van der Waals surface area (Å²) in [7, 11) is 0. The lowest BCUT2D eigenvalue weighted by molar-refractivity contribution is -0.142. The van der Waals surface area contributed by atoms with Crippen LogP contribution in [0.4, 0.5) is 10.5 Å². The molecule has 0 unspecified atom stereocenters. The number of amides is 2. The van der Waals surface area contributed by atoms with Gasteiger partial charge < -0.3 is 15.7 Å². The maximum Gasteiger partial charge on any atom is 0.319 e. The fourth-order valence-corrected chi connectivity index (χ4v) is 3.03. The molecule has 1 aliphatic carbocycles. The summed E-state index contributed by atoms with van der Waals surface area (Å²) in [5, 5.41) is 14.8. The van der Waals surface area contributed by atoms with Crippen LogP contribution in [0, 0.1) is 26.7 Å². The van der Waals surface area contributed by atoms with Crippen molar-refractivity contribution in [1.82, 2.24) is 10.3 Å². The molecule has 3 N–H and O–H groups in total. The summed E-state index contributed by atoms with van der Waals surface area (Å²) < 4.78 is 0. The van der Waals surface area contributed by atoms with Crippen molar-refractivity contribution in [2.24, 2.45) is 5.92 Å². The summed E-state index contributed by atoms with van der Waals surface area (Å²) >= 11 is 0. The van der Waals surface area contributed by atoms with E-state index in [4.69, 9.17) is 5.11 Å². The summed E-state index contributed by atoms with van der Waals surface area (Å²) in [5.74, 6) is -1.01. The largest absolute Gasteiger partial charge is 0.481 e. The van der Waals surface area contributed by atoms with Crippen molar-refractivity contribution in [2.75, 3.05) is 5.32 Å². The first kappa shape index (κ1) is 16.3. The summed E-state index contributed by atoms with van der Waals surface area (Å²) in [6, 6.07) is 1.71. The molecule has 0 bridgehead atoms. The molecule has 6 heteroatoms. The fourth-order valence-electron chi connectivity index (χ4n) is 3.03. The highest BCUT2D eigenvalue weighted by Gasteiger charge is 2.26. The average molecular weight is 305 g/mol. The zero-order valence-corrected chi connectivity index (χ0v) is 13.3. The molecule has 0 saturated heterocycles. The lowest BCUT2D eigenvalue weighted by Crippen LogP contribution is -2.41. The molecule has 22 heavy (non-hydrogen) atoms. The molecule has 2 rings (SSSR count). The van der Waals surface area contributed by atoms with Crippen LogP contribution in [-0.4, -0.2) is 28.1 Å². The van der Waals surface area contributed by atoms with Gasteiger partial charge >= 0.3 is 12.0 Å². The first-order valence-corrected chi connectivity index (χ1v) is 7.62. The van der Waals surface area contributed by atoms with Crippen molar-refractivity contribution in [3.63, 3.8) is 0 Å². The van der Waals surface area contributed by atoms with Gasteiger partial charge in [-0.15, -0.1) is 0 Å². The Labute approximate surface area is 130 Å². The van der Waals surface area contributed by atoms with Crippen molar-refractivity contribution in [1.29, 1.82) is 0 Å². The van der Waals surface area contributed by atoms with Crippen molar-refractivity contribution in [3.05, 3.63) is 23.0 Å². The van der Waals surface area contributed by atoms with E-state index in [-0.39, 0.29) is 18.0 Å². The highest BCUT2D eigenvalue weighted by atomic mass is 16.4. The molecule has 6 nitrogen and oxygen atoms in total. The van der Waals surface area contributed by atoms with Gasteiger partial charge in [0.25, 0.3) is 0 Å². The summed E-state index contributed by atoms with van der Waals surface area (Å²) in [6.45, 7) is 5.73. The van der Waals surface area contributed by atoms with Gasteiger partial charge in [0, 0.05) is 11.7 Å². The van der Waals surface area contributed by atoms with Crippen LogP contribution in [0.5, 0.6) is 0 Å². The summed E-state index contributed by atoms with van der Waals surface area (Å²) in [4.78, 5) is 27.4. The molecule has 0 radical (unpaired) electrons. The standard InChI is InChI=1S/C16H23N3O3/c1-9-8-10(2)17-11(3)14(9)19-16(22)18-13-6-4-12(5-7-13)15(20)21/h8,12-13H,4-7H2,1-3H3,(H,20,21)(H2,18,19,22). The van der Waals surface area contributed by atoms with Gasteiger partial charge in [0.05, 0.1) is 17.3 Å². The Morgan fingerprint density at radius 2 is 1.82 bits per heavy atom. The van der Waals surface area contributed by atoms with E-state index in [2.05, 4.69) is 15.6 Å². The molecule has 120 valence electrons. The third-order valence-corrected chi connectivity index (χ3v) is 4.18. The second-order valence-corrected chi connectivity index (χ2v) is 6.03. The minimum absolute atomic E-state index is 0.0367. The van der Waals surface area contributed by atoms with E-state index < -0.39 is 5.97 Å². The maximum absolute atomic E-state index is 12.1. The van der Waals surface area contributed by atoms with Gasteiger partial charge in [-0.1, -0.05) is 0 Å². The SMILES string of the molecule is Cc1cc(C)c(NC(=O)NC2CCC(C(=O)O)CC2)c(C)n1. The van der Waals surface area contributed by atoms with Crippen LogP contribution < -0.4 is 10.6 Å². The number of nitrogens with zero attached hydrogens (tertiary/aromatic N) is 1. The number of carbonyl (C=O) groups excluding carboxylic acids is 1. The molecule has 0 spiro atoms. The number of pyridine rings is 1. The van der Waals surface area contributed by atoms with Crippen molar-refractivity contribution < 1.29 is 14.7 Å². The van der Waals surface area contributed by atoms with Crippen LogP contribution >= 0.6 is 0 Å². The van der Waals surface area contributed by atoms with Gasteiger partial charge in [-0.3, -0.25) is 9.78 Å². The van der Waals surface area contributed by atoms with Crippen LogP contribution in [0.3, 0.4) is 0 Å². The number of rotatable bonds is 3. The number of aryl methyl sites for hydroxylation is 3. The Hall–Kier alpha value is -2.11. The van der Waals surface area contributed by atoms with Crippen molar-refractivity contribution in [3.8, 4) is 0 Å². The topological polar surface area (TPSA) is 91.3 Å². The molecule has 2 amide bonds. The average Bonchev–Trinajstić information content (AvgIpc) is 2.43. The minimum Gasteiger partial charge on any atom is -0.481 e. The number of nitrogens with one attached hydrogen (secondary N) is 2. The third-order valence-electron chi connectivity index (χ3n) is 4.18. The van der Waals surface area contributed by atoms with Gasteiger partial charge in [0.2, 0.25) is 0 Å². The number of carboxylic acids is 1. The lowest BCUT2D eigenvalue weighted by atomic mass is 9.86. The zero-order valence-electron chi connectivity index (χ0n) is 13.3. The van der Waals surface area contributed by atoms with Gasteiger partial charge in [0.15, 0.2) is 0 Å². The Balaban J connectivity index is 1.90. The van der Waals surface area contributed by atoms with Gasteiger partial charge in [-0.2, -0.15) is 0 Å². The van der Waals surface area contributed by atoms with Crippen LogP contribution in [0.15, 0.2) is 6.07 Å². The van der Waals surface area contributed by atoms with Gasteiger partial charge in [-0.25, -0.2) is 4.79 Å². The highest BCUT2D eigenvalue weighted by molar-refractivity contribution is 5.90.